The molecule has 2 heterocycles. The minimum atomic E-state index is -0.195. The third kappa shape index (κ3) is 4.63. The Morgan fingerprint density at radius 2 is 1.79 bits per heavy atom. The summed E-state index contributed by atoms with van der Waals surface area (Å²) in [5.74, 6) is -0.218. The molecule has 2 aromatic carbocycles. The van der Waals surface area contributed by atoms with E-state index in [0.717, 1.165) is 37.7 Å². The van der Waals surface area contributed by atoms with Crippen LogP contribution in [0.3, 0.4) is 0 Å². The van der Waals surface area contributed by atoms with Crippen LogP contribution < -0.4 is 20.4 Å². The average Bonchev–Trinajstić information content (AvgIpc) is 2.74. The second kappa shape index (κ2) is 8.71. The van der Waals surface area contributed by atoms with Crippen LogP contribution in [0.4, 0.5) is 17.1 Å². The molecule has 2 fully saturated rings. The summed E-state index contributed by atoms with van der Waals surface area (Å²) in [6.45, 7) is 4.73. The van der Waals surface area contributed by atoms with Crippen molar-refractivity contribution in [3.8, 4) is 0 Å². The van der Waals surface area contributed by atoms with Gasteiger partial charge >= 0.3 is 0 Å². The van der Waals surface area contributed by atoms with Gasteiger partial charge in [-0.25, -0.2) is 0 Å². The maximum atomic E-state index is 12.6. The number of hydrogen-bond donors (Lipinski definition) is 2. The van der Waals surface area contributed by atoms with E-state index in [1.807, 2.05) is 35.2 Å². The standard InChI is InChI=1S/C21H23ClN4O3/c22-18-13-16(3-6-19(18)26-8-7-23-20(27)14-26)24-21(28)15-1-4-17(5-2-15)25-9-11-29-12-10-25/h1-6,13H,7-12,14H2,(H,23,27)(H,24,28). The number of rotatable bonds is 4. The van der Waals surface area contributed by atoms with E-state index in [1.165, 1.54) is 0 Å². The fourth-order valence-corrected chi connectivity index (χ4v) is 3.83. The Morgan fingerprint density at radius 3 is 2.48 bits per heavy atom. The zero-order valence-electron chi connectivity index (χ0n) is 16.0. The van der Waals surface area contributed by atoms with Gasteiger partial charge in [0.2, 0.25) is 5.91 Å². The first-order valence-corrected chi connectivity index (χ1v) is 10.0. The Balaban J connectivity index is 1.41. The predicted octanol–water partition coefficient (Wildman–Crippen LogP) is 2.37. The van der Waals surface area contributed by atoms with Crippen LogP contribution in [-0.2, 0) is 9.53 Å². The van der Waals surface area contributed by atoms with Crippen molar-refractivity contribution in [1.29, 1.82) is 0 Å². The maximum Gasteiger partial charge on any atom is 0.255 e. The summed E-state index contributed by atoms with van der Waals surface area (Å²) >= 11 is 6.41. The van der Waals surface area contributed by atoms with E-state index in [1.54, 1.807) is 12.1 Å². The molecule has 0 saturated carbocycles. The van der Waals surface area contributed by atoms with E-state index in [0.29, 0.717) is 29.4 Å². The number of nitrogens with zero attached hydrogens (tertiary/aromatic N) is 2. The van der Waals surface area contributed by atoms with Crippen molar-refractivity contribution in [3.05, 3.63) is 53.1 Å². The van der Waals surface area contributed by atoms with Crippen LogP contribution in [0, 0.1) is 0 Å². The number of anilines is 3. The minimum absolute atomic E-state index is 0.0229. The van der Waals surface area contributed by atoms with Gasteiger partial charge in [-0.2, -0.15) is 0 Å². The van der Waals surface area contributed by atoms with Gasteiger partial charge in [0.05, 0.1) is 30.5 Å². The molecule has 152 valence electrons. The van der Waals surface area contributed by atoms with Gasteiger partial charge in [-0.3, -0.25) is 9.59 Å². The molecule has 29 heavy (non-hydrogen) atoms. The molecule has 0 radical (unpaired) electrons. The molecule has 0 aromatic heterocycles. The zero-order valence-corrected chi connectivity index (χ0v) is 16.7. The first-order valence-electron chi connectivity index (χ1n) is 9.65. The number of morpholine rings is 1. The molecule has 2 aromatic rings. The highest BCUT2D eigenvalue weighted by atomic mass is 35.5. The second-order valence-corrected chi connectivity index (χ2v) is 7.45. The average molecular weight is 415 g/mol. The molecule has 2 aliphatic heterocycles. The van der Waals surface area contributed by atoms with Gasteiger partial charge < -0.3 is 25.2 Å². The van der Waals surface area contributed by atoms with E-state index in [4.69, 9.17) is 16.3 Å². The number of benzene rings is 2. The number of nitrogens with one attached hydrogen (secondary N) is 2. The smallest absolute Gasteiger partial charge is 0.255 e. The Kier molecular flexibility index (Phi) is 5.87. The Bertz CT molecular complexity index is 897. The lowest BCUT2D eigenvalue weighted by Gasteiger charge is -2.29. The maximum absolute atomic E-state index is 12.6. The molecule has 0 atom stereocenters. The summed E-state index contributed by atoms with van der Waals surface area (Å²) in [4.78, 5) is 28.4. The van der Waals surface area contributed by atoms with Gasteiger partial charge in [-0.05, 0) is 42.5 Å². The van der Waals surface area contributed by atoms with Crippen molar-refractivity contribution >= 4 is 40.5 Å². The Morgan fingerprint density at radius 1 is 1.03 bits per heavy atom. The van der Waals surface area contributed by atoms with Crippen LogP contribution in [0.1, 0.15) is 10.4 Å². The minimum Gasteiger partial charge on any atom is -0.378 e. The monoisotopic (exact) mass is 414 g/mol. The number of hydrogen-bond acceptors (Lipinski definition) is 5. The molecule has 0 spiro atoms. The van der Waals surface area contributed by atoms with E-state index in [-0.39, 0.29) is 18.4 Å². The third-order valence-corrected chi connectivity index (χ3v) is 5.39. The third-order valence-electron chi connectivity index (χ3n) is 5.09. The van der Waals surface area contributed by atoms with Crippen molar-refractivity contribution in [2.24, 2.45) is 0 Å². The van der Waals surface area contributed by atoms with Crippen molar-refractivity contribution in [2.45, 2.75) is 0 Å². The van der Waals surface area contributed by atoms with Gasteiger partial charge in [0.25, 0.3) is 5.91 Å². The van der Waals surface area contributed by atoms with Crippen LogP contribution in [-0.4, -0.2) is 57.8 Å². The summed E-state index contributed by atoms with van der Waals surface area (Å²) in [6, 6.07) is 12.9. The summed E-state index contributed by atoms with van der Waals surface area (Å²) in [5.41, 5.74) is 3.06. The van der Waals surface area contributed by atoms with Crippen LogP contribution >= 0.6 is 11.6 Å². The quantitative estimate of drug-likeness (QED) is 0.803. The Hall–Kier alpha value is -2.77. The summed E-state index contributed by atoms with van der Waals surface area (Å²) in [5, 5.41) is 6.17. The highest BCUT2D eigenvalue weighted by Gasteiger charge is 2.19. The number of carbonyl (C=O) groups is 2. The summed E-state index contributed by atoms with van der Waals surface area (Å²) in [6.07, 6.45) is 0. The van der Waals surface area contributed by atoms with Gasteiger partial charge in [-0.15, -0.1) is 0 Å². The first-order chi connectivity index (χ1) is 14.1. The van der Waals surface area contributed by atoms with E-state index < -0.39 is 0 Å². The van der Waals surface area contributed by atoms with E-state index >= 15 is 0 Å². The van der Waals surface area contributed by atoms with Gasteiger partial charge in [0, 0.05) is 43.1 Å². The van der Waals surface area contributed by atoms with E-state index in [2.05, 4.69) is 15.5 Å². The number of carbonyl (C=O) groups excluding carboxylic acids is 2. The van der Waals surface area contributed by atoms with Crippen molar-refractivity contribution < 1.29 is 14.3 Å². The molecule has 0 bridgehead atoms. The highest BCUT2D eigenvalue weighted by molar-refractivity contribution is 6.33. The topological polar surface area (TPSA) is 73.9 Å². The lowest BCUT2D eigenvalue weighted by atomic mass is 10.1. The number of halogens is 1. The zero-order chi connectivity index (χ0) is 20.2. The molecule has 8 heteroatoms. The Labute approximate surface area is 174 Å². The number of piperazine rings is 1. The molecule has 2 saturated heterocycles. The molecule has 2 N–H and O–H groups in total. The summed E-state index contributed by atoms with van der Waals surface area (Å²) in [7, 11) is 0. The molecule has 4 rings (SSSR count). The molecule has 2 aliphatic rings. The van der Waals surface area contributed by atoms with Gasteiger partial charge in [0.15, 0.2) is 0 Å². The van der Waals surface area contributed by atoms with Crippen LogP contribution in [0.5, 0.6) is 0 Å². The van der Waals surface area contributed by atoms with Crippen molar-refractivity contribution in [1.82, 2.24) is 5.32 Å². The summed E-state index contributed by atoms with van der Waals surface area (Å²) < 4.78 is 5.37. The lowest BCUT2D eigenvalue weighted by Crippen LogP contribution is -2.47. The molecule has 0 aliphatic carbocycles. The molecule has 0 unspecified atom stereocenters. The predicted molar refractivity (Wildman–Crippen MR) is 114 cm³/mol. The fourth-order valence-electron chi connectivity index (χ4n) is 3.53. The lowest BCUT2D eigenvalue weighted by molar-refractivity contribution is -0.120. The molecule has 2 amide bonds. The fraction of sp³-hybridized carbons (Fsp3) is 0.333. The van der Waals surface area contributed by atoms with Crippen LogP contribution in [0.25, 0.3) is 0 Å². The van der Waals surface area contributed by atoms with Gasteiger partial charge in [0.1, 0.15) is 0 Å². The van der Waals surface area contributed by atoms with Crippen LogP contribution in [0.2, 0.25) is 5.02 Å². The second-order valence-electron chi connectivity index (χ2n) is 7.04. The first kappa shape index (κ1) is 19.5. The SMILES string of the molecule is O=C1CN(c2ccc(NC(=O)c3ccc(N4CCOCC4)cc3)cc2Cl)CCN1. The van der Waals surface area contributed by atoms with E-state index in [9.17, 15) is 9.59 Å². The van der Waals surface area contributed by atoms with Crippen molar-refractivity contribution in [3.63, 3.8) is 0 Å². The van der Waals surface area contributed by atoms with Crippen LogP contribution in [0.15, 0.2) is 42.5 Å². The number of ether oxygens (including phenoxy) is 1. The normalized spacial score (nSPS) is 17.1. The number of amides is 2. The molecule has 7 nitrogen and oxygen atoms in total. The van der Waals surface area contributed by atoms with Crippen molar-refractivity contribution in [2.75, 3.05) is 61.1 Å². The molecular weight excluding hydrogens is 392 g/mol. The highest BCUT2D eigenvalue weighted by Crippen LogP contribution is 2.29. The largest absolute Gasteiger partial charge is 0.378 e. The van der Waals surface area contributed by atoms with Gasteiger partial charge in [-0.1, -0.05) is 11.6 Å². The molecular formula is C21H23ClN4O3.